The van der Waals surface area contributed by atoms with E-state index in [1.165, 1.54) is 4.90 Å². The lowest BCUT2D eigenvalue weighted by atomic mass is 9.85. The van der Waals surface area contributed by atoms with E-state index >= 15 is 0 Å². The molecule has 0 spiro atoms. The molecular weight excluding hydrogens is 467 g/mol. The zero-order valence-corrected chi connectivity index (χ0v) is 20.3. The second-order valence-corrected chi connectivity index (χ2v) is 11.0. The summed E-state index contributed by atoms with van der Waals surface area (Å²) in [6, 6.07) is -1.59. The van der Waals surface area contributed by atoms with Crippen molar-refractivity contribution in [3.05, 3.63) is 11.9 Å². The first-order valence-corrected chi connectivity index (χ1v) is 12.2. The fourth-order valence-corrected chi connectivity index (χ4v) is 4.96. The molecule has 1 aliphatic carbocycles. The maximum Gasteiger partial charge on any atom is 0.414 e. The van der Waals surface area contributed by atoms with Gasteiger partial charge in [-0.25, -0.2) is 4.68 Å². The van der Waals surface area contributed by atoms with Crippen LogP contribution in [0.2, 0.25) is 0 Å². The Morgan fingerprint density at radius 3 is 2.54 bits per heavy atom. The smallest absolute Gasteiger partial charge is 0.391 e. The largest absolute Gasteiger partial charge is 0.414 e. The number of hydrogen-bond acceptors (Lipinski definition) is 6. The first-order valence-electron chi connectivity index (χ1n) is 12.2. The monoisotopic (exact) mass is 501 g/mol. The van der Waals surface area contributed by atoms with E-state index in [4.69, 9.17) is 4.74 Å². The van der Waals surface area contributed by atoms with E-state index in [-0.39, 0.29) is 44.7 Å². The van der Waals surface area contributed by atoms with Crippen LogP contribution in [0.4, 0.5) is 13.2 Å². The first-order chi connectivity index (χ1) is 16.3. The summed E-state index contributed by atoms with van der Waals surface area (Å²) >= 11 is 0. The number of rotatable bonds is 7. The Morgan fingerprint density at radius 2 is 1.94 bits per heavy atom. The number of nitrogens with zero attached hydrogens (tertiary/aromatic N) is 4. The van der Waals surface area contributed by atoms with Crippen molar-refractivity contribution in [3.8, 4) is 0 Å². The van der Waals surface area contributed by atoms with Crippen LogP contribution in [0.1, 0.15) is 76.9 Å². The number of aliphatic hydroxyl groups excluding tert-OH is 1. The maximum absolute atomic E-state index is 13.7. The lowest BCUT2D eigenvalue weighted by molar-refractivity contribution is -0.215. The van der Waals surface area contributed by atoms with Gasteiger partial charge in [0, 0.05) is 31.6 Å². The number of hydrogen-bond donors (Lipinski definition) is 2. The summed E-state index contributed by atoms with van der Waals surface area (Å²) in [7, 11) is 0. The minimum absolute atomic E-state index is 0.0205. The van der Waals surface area contributed by atoms with Crippen molar-refractivity contribution < 1.29 is 32.6 Å². The number of alkyl halides is 3. The Bertz CT molecular complexity index is 927. The predicted molar refractivity (Wildman–Crippen MR) is 118 cm³/mol. The van der Waals surface area contributed by atoms with Gasteiger partial charge in [-0.15, -0.1) is 5.10 Å². The molecule has 196 valence electrons. The Kier molecular flexibility index (Phi) is 7.16. The van der Waals surface area contributed by atoms with E-state index in [0.29, 0.717) is 5.92 Å². The molecule has 1 aromatic heterocycles. The van der Waals surface area contributed by atoms with Crippen LogP contribution in [0.5, 0.6) is 0 Å². The van der Waals surface area contributed by atoms with E-state index in [2.05, 4.69) is 15.6 Å². The van der Waals surface area contributed by atoms with Crippen molar-refractivity contribution in [2.45, 2.75) is 102 Å². The molecule has 3 fully saturated rings. The van der Waals surface area contributed by atoms with Gasteiger partial charge in [0.2, 0.25) is 11.8 Å². The van der Waals surface area contributed by atoms with Gasteiger partial charge in [0.15, 0.2) is 6.10 Å². The van der Waals surface area contributed by atoms with Gasteiger partial charge in [0.25, 0.3) is 0 Å². The van der Waals surface area contributed by atoms with Crippen LogP contribution >= 0.6 is 0 Å². The van der Waals surface area contributed by atoms with Crippen molar-refractivity contribution in [1.29, 1.82) is 0 Å². The van der Waals surface area contributed by atoms with Gasteiger partial charge >= 0.3 is 6.18 Å². The Hall–Kier alpha value is -2.21. The molecule has 2 N–H and O–H groups in total. The zero-order valence-electron chi connectivity index (χ0n) is 20.3. The van der Waals surface area contributed by atoms with E-state index in [9.17, 15) is 27.9 Å². The van der Waals surface area contributed by atoms with Crippen molar-refractivity contribution in [2.75, 3.05) is 13.1 Å². The molecule has 35 heavy (non-hydrogen) atoms. The summed E-state index contributed by atoms with van der Waals surface area (Å²) in [6.45, 7) is 5.87. The summed E-state index contributed by atoms with van der Waals surface area (Å²) in [5.74, 6) is -0.388. The van der Waals surface area contributed by atoms with Crippen LogP contribution in [0.3, 0.4) is 0 Å². The standard InChI is InChI=1S/C23H34F3N5O4/c1-22(2,3)19(31-12-16(28-29-31)13-4-5-13)21(34)30-11-14(32)10-17(30)20(33)27-9-8-15-6-7-18(35-15)23(24,25)26/h12-15,17-19,32H,4-11H2,1-3H3,(H,27,33)/t14-,15?,17+,18?,19+/m1/s1. The lowest BCUT2D eigenvalue weighted by Crippen LogP contribution is -2.50. The summed E-state index contributed by atoms with van der Waals surface area (Å²) in [5, 5.41) is 21.4. The van der Waals surface area contributed by atoms with Crippen LogP contribution in [-0.2, 0) is 14.3 Å². The molecule has 9 nitrogen and oxygen atoms in total. The number of β-amino-alcohol motifs (C(OH)–C–C–N with tert-alkyl or cyclic N) is 1. The number of aromatic nitrogens is 3. The number of nitrogens with one attached hydrogen (secondary N) is 1. The van der Waals surface area contributed by atoms with Gasteiger partial charge in [0.1, 0.15) is 12.1 Å². The highest BCUT2D eigenvalue weighted by Gasteiger charge is 2.47. The molecule has 2 aliphatic heterocycles. The highest BCUT2D eigenvalue weighted by molar-refractivity contribution is 5.90. The molecular formula is C23H34F3N5O4. The number of ether oxygens (including phenoxy) is 1. The Balaban J connectivity index is 1.38. The minimum atomic E-state index is -4.38. The average Bonchev–Trinajstić information content (AvgIpc) is 3.12. The van der Waals surface area contributed by atoms with Crippen LogP contribution in [0.15, 0.2) is 6.20 Å². The molecule has 2 amide bonds. The predicted octanol–water partition coefficient (Wildman–Crippen LogP) is 2.32. The molecule has 0 bridgehead atoms. The number of aliphatic hydroxyl groups is 1. The minimum Gasteiger partial charge on any atom is -0.391 e. The van der Waals surface area contributed by atoms with Crippen molar-refractivity contribution in [2.24, 2.45) is 5.41 Å². The topological polar surface area (TPSA) is 110 Å². The number of carbonyl (C=O) groups excluding carboxylic acids is 2. The fraction of sp³-hybridized carbons (Fsp3) is 0.826. The number of likely N-dealkylation sites (tertiary alicyclic amines) is 1. The first kappa shape index (κ1) is 25.9. The van der Waals surface area contributed by atoms with Crippen LogP contribution in [0, 0.1) is 5.41 Å². The highest BCUT2D eigenvalue weighted by Crippen LogP contribution is 2.40. The van der Waals surface area contributed by atoms with E-state index in [0.717, 1.165) is 18.5 Å². The van der Waals surface area contributed by atoms with Gasteiger partial charge in [-0.2, -0.15) is 13.2 Å². The third kappa shape index (κ3) is 5.96. The molecule has 2 unspecified atom stereocenters. The van der Waals surface area contributed by atoms with Crippen LogP contribution in [0.25, 0.3) is 0 Å². The summed E-state index contributed by atoms with van der Waals surface area (Å²) in [5.41, 5.74) is 0.319. The van der Waals surface area contributed by atoms with Gasteiger partial charge < -0.3 is 20.1 Å². The zero-order chi connectivity index (χ0) is 25.5. The van der Waals surface area contributed by atoms with Crippen molar-refractivity contribution >= 4 is 11.8 Å². The maximum atomic E-state index is 13.7. The van der Waals surface area contributed by atoms with Gasteiger partial charge in [0.05, 0.1) is 17.9 Å². The number of amides is 2. The molecule has 3 heterocycles. The highest BCUT2D eigenvalue weighted by atomic mass is 19.4. The Labute approximate surface area is 202 Å². The molecule has 12 heteroatoms. The Morgan fingerprint density at radius 1 is 1.23 bits per heavy atom. The normalized spacial score (nSPS) is 28.4. The number of halogens is 3. The summed E-state index contributed by atoms with van der Waals surface area (Å²) in [4.78, 5) is 28.0. The lowest BCUT2D eigenvalue weighted by Gasteiger charge is -2.34. The average molecular weight is 502 g/mol. The molecule has 1 aromatic rings. The third-order valence-corrected chi connectivity index (χ3v) is 6.95. The second-order valence-electron chi connectivity index (χ2n) is 11.0. The molecule has 1 saturated carbocycles. The number of carbonyl (C=O) groups is 2. The van der Waals surface area contributed by atoms with Crippen molar-refractivity contribution in [1.82, 2.24) is 25.2 Å². The van der Waals surface area contributed by atoms with Gasteiger partial charge in [-0.3, -0.25) is 9.59 Å². The third-order valence-electron chi connectivity index (χ3n) is 6.95. The second kappa shape index (κ2) is 9.68. The molecule has 4 rings (SSSR count). The van der Waals surface area contributed by atoms with Crippen molar-refractivity contribution in [3.63, 3.8) is 0 Å². The van der Waals surface area contributed by atoms with E-state index in [1.54, 1.807) is 10.9 Å². The summed E-state index contributed by atoms with van der Waals surface area (Å²) in [6.07, 6.45) is -3.14. The van der Waals surface area contributed by atoms with Gasteiger partial charge in [-0.1, -0.05) is 26.0 Å². The van der Waals surface area contributed by atoms with E-state index in [1.807, 2.05) is 20.8 Å². The van der Waals surface area contributed by atoms with Crippen LogP contribution < -0.4 is 5.32 Å². The fourth-order valence-electron chi connectivity index (χ4n) is 4.96. The van der Waals surface area contributed by atoms with Crippen LogP contribution in [-0.4, -0.2) is 80.4 Å². The molecule has 0 radical (unpaired) electrons. The van der Waals surface area contributed by atoms with Gasteiger partial charge in [-0.05, 0) is 37.5 Å². The molecule has 0 aromatic carbocycles. The molecule has 5 atom stereocenters. The van der Waals surface area contributed by atoms with E-state index < -0.39 is 47.9 Å². The SMILES string of the molecule is CC(C)(C)[C@H](C(=O)N1C[C@H](O)C[C@H]1C(=O)NCCC1CCC(C(F)(F)F)O1)n1cc(C2CC2)nn1. The quantitative estimate of drug-likeness (QED) is 0.594. The summed E-state index contributed by atoms with van der Waals surface area (Å²) < 4.78 is 45.0. The molecule has 3 aliphatic rings. The molecule has 2 saturated heterocycles.